The second-order valence-electron chi connectivity index (χ2n) is 5.57. The summed E-state index contributed by atoms with van der Waals surface area (Å²) in [5, 5.41) is 0. The molecule has 0 saturated carbocycles. The van der Waals surface area contributed by atoms with Crippen LogP contribution in [0.4, 0.5) is 0 Å². The van der Waals surface area contributed by atoms with Crippen LogP contribution in [0.2, 0.25) is 0 Å². The predicted octanol–water partition coefficient (Wildman–Crippen LogP) is 3.85. The zero-order valence-electron chi connectivity index (χ0n) is 13.2. The Labute approximate surface area is 128 Å². The van der Waals surface area contributed by atoms with Gasteiger partial charge >= 0.3 is 5.97 Å². The van der Waals surface area contributed by atoms with Crippen molar-refractivity contribution in [3.63, 3.8) is 0 Å². The number of carbonyl (C=O) groups excluding carboxylic acids is 1. The topological polar surface area (TPSA) is 52.3 Å². The Balaban J connectivity index is 2.06. The van der Waals surface area contributed by atoms with Gasteiger partial charge in [-0.2, -0.15) is 0 Å². The molecule has 2 N–H and O–H groups in total. The normalized spacial score (nSPS) is 12.1. The van der Waals surface area contributed by atoms with Crippen molar-refractivity contribution in [3.8, 4) is 0 Å². The lowest BCUT2D eigenvalue weighted by Crippen LogP contribution is -2.33. The zero-order chi connectivity index (χ0) is 15.3. The third-order valence-electron chi connectivity index (χ3n) is 3.63. The van der Waals surface area contributed by atoms with Crippen LogP contribution in [0, 0.1) is 0 Å². The van der Waals surface area contributed by atoms with Crippen LogP contribution >= 0.6 is 0 Å². The van der Waals surface area contributed by atoms with Crippen molar-refractivity contribution >= 4 is 5.97 Å². The average molecular weight is 291 g/mol. The molecule has 0 heterocycles. The van der Waals surface area contributed by atoms with Crippen LogP contribution < -0.4 is 5.73 Å². The summed E-state index contributed by atoms with van der Waals surface area (Å²) in [6.45, 7) is 2.71. The van der Waals surface area contributed by atoms with E-state index in [-0.39, 0.29) is 5.97 Å². The van der Waals surface area contributed by atoms with Crippen LogP contribution in [0.5, 0.6) is 0 Å². The van der Waals surface area contributed by atoms with Gasteiger partial charge in [-0.05, 0) is 24.8 Å². The standard InChI is InChI=1S/C18H29NO2/c1-2-3-4-5-6-10-15-21-18(20)17(19)14-13-16-11-8-7-9-12-16/h7-9,11-12,17H,2-6,10,13-15,19H2,1H3/t17-/m0/s1. The van der Waals surface area contributed by atoms with E-state index in [2.05, 4.69) is 6.92 Å². The SMILES string of the molecule is CCCCCCCCOC(=O)[C@@H](N)CCc1ccccc1. The summed E-state index contributed by atoms with van der Waals surface area (Å²) in [5.74, 6) is -0.264. The van der Waals surface area contributed by atoms with Gasteiger partial charge in [-0.1, -0.05) is 69.4 Å². The first-order chi connectivity index (χ1) is 10.2. The van der Waals surface area contributed by atoms with E-state index in [9.17, 15) is 4.79 Å². The summed E-state index contributed by atoms with van der Waals surface area (Å²) in [7, 11) is 0. The van der Waals surface area contributed by atoms with E-state index in [1.807, 2.05) is 30.3 Å². The lowest BCUT2D eigenvalue weighted by molar-refractivity contribution is -0.145. The Morgan fingerprint density at radius 2 is 1.76 bits per heavy atom. The molecule has 0 unspecified atom stereocenters. The van der Waals surface area contributed by atoms with Gasteiger partial charge in [0.15, 0.2) is 0 Å². The monoisotopic (exact) mass is 291 g/mol. The predicted molar refractivity (Wildman–Crippen MR) is 87.1 cm³/mol. The highest BCUT2D eigenvalue weighted by molar-refractivity contribution is 5.75. The van der Waals surface area contributed by atoms with Crippen LogP contribution in [0.15, 0.2) is 30.3 Å². The maximum Gasteiger partial charge on any atom is 0.322 e. The van der Waals surface area contributed by atoms with Gasteiger partial charge in [-0.3, -0.25) is 4.79 Å². The fraction of sp³-hybridized carbons (Fsp3) is 0.611. The first-order valence-electron chi connectivity index (χ1n) is 8.20. The number of hydrogen-bond donors (Lipinski definition) is 1. The van der Waals surface area contributed by atoms with Gasteiger partial charge in [0, 0.05) is 0 Å². The van der Waals surface area contributed by atoms with Crippen LogP contribution in [0.3, 0.4) is 0 Å². The molecule has 0 bridgehead atoms. The lowest BCUT2D eigenvalue weighted by atomic mass is 10.1. The molecule has 1 aromatic rings. The highest BCUT2D eigenvalue weighted by Crippen LogP contribution is 2.07. The zero-order valence-corrected chi connectivity index (χ0v) is 13.2. The number of esters is 1. The number of ether oxygens (including phenoxy) is 1. The van der Waals surface area contributed by atoms with E-state index in [1.165, 1.54) is 31.2 Å². The van der Waals surface area contributed by atoms with Crippen LogP contribution in [-0.4, -0.2) is 18.6 Å². The Morgan fingerprint density at radius 3 is 2.48 bits per heavy atom. The lowest BCUT2D eigenvalue weighted by Gasteiger charge is -2.11. The molecule has 0 amide bonds. The molecule has 0 aliphatic heterocycles. The van der Waals surface area contributed by atoms with Gasteiger partial charge in [-0.25, -0.2) is 0 Å². The molecule has 3 nitrogen and oxygen atoms in total. The van der Waals surface area contributed by atoms with Crippen molar-refractivity contribution in [1.82, 2.24) is 0 Å². The maximum absolute atomic E-state index is 11.8. The highest BCUT2D eigenvalue weighted by Gasteiger charge is 2.14. The molecule has 0 aliphatic rings. The summed E-state index contributed by atoms with van der Waals surface area (Å²) in [5.41, 5.74) is 7.08. The highest BCUT2D eigenvalue weighted by atomic mass is 16.5. The van der Waals surface area contributed by atoms with Crippen molar-refractivity contribution in [2.24, 2.45) is 5.73 Å². The van der Waals surface area contributed by atoms with Gasteiger partial charge in [0.2, 0.25) is 0 Å². The number of rotatable bonds is 11. The Hall–Kier alpha value is -1.35. The third-order valence-corrected chi connectivity index (χ3v) is 3.63. The largest absolute Gasteiger partial charge is 0.465 e. The minimum atomic E-state index is -0.509. The second kappa shape index (κ2) is 11.3. The number of aryl methyl sites for hydroxylation is 1. The Morgan fingerprint density at radius 1 is 1.10 bits per heavy atom. The fourth-order valence-corrected chi connectivity index (χ4v) is 2.25. The molecule has 0 aliphatic carbocycles. The average Bonchev–Trinajstić information content (AvgIpc) is 2.52. The number of carbonyl (C=O) groups is 1. The minimum Gasteiger partial charge on any atom is -0.465 e. The fourth-order valence-electron chi connectivity index (χ4n) is 2.25. The molecule has 3 heteroatoms. The van der Waals surface area contributed by atoms with Crippen LogP contribution in [0.25, 0.3) is 0 Å². The number of hydrogen-bond acceptors (Lipinski definition) is 3. The van der Waals surface area contributed by atoms with E-state index in [0.29, 0.717) is 13.0 Å². The first-order valence-corrected chi connectivity index (χ1v) is 8.20. The van der Waals surface area contributed by atoms with E-state index in [0.717, 1.165) is 19.3 Å². The van der Waals surface area contributed by atoms with Crippen molar-refractivity contribution in [3.05, 3.63) is 35.9 Å². The number of unbranched alkanes of at least 4 members (excludes halogenated alkanes) is 5. The Kier molecular flexibility index (Phi) is 9.55. The quantitative estimate of drug-likeness (QED) is 0.497. The summed E-state index contributed by atoms with van der Waals surface area (Å²) in [4.78, 5) is 11.8. The van der Waals surface area contributed by atoms with Crippen molar-refractivity contribution in [2.75, 3.05) is 6.61 Å². The van der Waals surface area contributed by atoms with Gasteiger partial charge in [0.05, 0.1) is 6.61 Å². The molecule has 0 saturated heterocycles. The molecule has 0 radical (unpaired) electrons. The molecule has 1 aromatic carbocycles. The second-order valence-corrected chi connectivity index (χ2v) is 5.57. The third kappa shape index (κ3) is 8.51. The molecular formula is C18H29NO2. The van der Waals surface area contributed by atoms with Crippen molar-refractivity contribution in [2.45, 2.75) is 64.3 Å². The van der Waals surface area contributed by atoms with Gasteiger partial charge < -0.3 is 10.5 Å². The molecule has 0 spiro atoms. The van der Waals surface area contributed by atoms with Gasteiger partial charge in [0.25, 0.3) is 0 Å². The smallest absolute Gasteiger partial charge is 0.322 e. The van der Waals surface area contributed by atoms with Crippen molar-refractivity contribution in [1.29, 1.82) is 0 Å². The van der Waals surface area contributed by atoms with Crippen LogP contribution in [0.1, 0.15) is 57.4 Å². The molecular weight excluding hydrogens is 262 g/mol. The minimum absolute atomic E-state index is 0.264. The van der Waals surface area contributed by atoms with Crippen LogP contribution in [-0.2, 0) is 16.0 Å². The molecule has 1 rings (SSSR count). The van der Waals surface area contributed by atoms with Gasteiger partial charge in [-0.15, -0.1) is 0 Å². The molecule has 118 valence electrons. The first kappa shape index (κ1) is 17.7. The molecule has 1 atom stereocenters. The number of benzene rings is 1. The summed E-state index contributed by atoms with van der Waals surface area (Å²) < 4.78 is 5.23. The van der Waals surface area contributed by atoms with E-state index >= 15 is 0 Å². The molecule has 0 aromatic heterocycles. The van der Waals surface area contributed by atoms with Crippen molar-refractivity contribution < 1.29 is 9.53 Å². The Bertz CT molecular complexity index is 378. The van der Waals surface area contributed by atoms with E-state index < -0.39 is 6.04 Å². The molecule has 0 fully saturated rings. The van der Waals surface area contributed by atoms with E-state index in [1.54, 1.807) is 0 Å². The summed E-state index contributed by atoms with van der Waals surface area (Å²) in [6.07, 6.45) is 8.59. The summed E-state index contributed by atoms with van der Waals surface area (Å²) >= 11 is 0. The summed E-state index contributed by atoms with van der Waals surface area (Å²) in [6, 6.07) is 9.57. The van der Waals surface area contributed by atoms with E-state index in [4.69, 9.17) is 10.5 Å². The molecule has 21 heavy (non-hydrogen) atoms. The maximum atomic E-state index is 11.8. The number of nitrogens with two attached hydrogens (primary N) is 1. The van der Waals surface area contributed by atoms with Gasteiger partial charge in [0.1, 0.15) is 6.04 Å².